The number of hydrogen-bond donors (Lipinski definition) is 1. The third-order valence-electron chi connectivity index (χ3n) is 5.45. The molecule has 26 heavy (non-hydrogen) atoms. The molecule has 1 spiro atoms. The van der Waals surface area contributed by atoms with Crippen LogP contribution < -0.4 is 10.2 Å². The van der Waals surface area contributed by atoms with Crippen LogP contribution >= 0.6 is 0 Å². The number of carbonyl (C=O) groups excluding carboxylic acids is 3. The van der Waals surface area contributed by atoms with Gasteiger partial charge in [-0.05, 0) is 25.0 Å². The normalized spacial score (nSPS) is 19.2. The molecule has 0 bridgehead atoms. The molecule has 1 heterocycles. The van der Waals surface area contributed by atoms with Crippen molar-refractivity contribution in [3.63, 3.8) is 0 Å². The van der Waals surface area contributed by atoms with Gasteiger partial charge in [-0.1, -0.05) is 31.4 Å². The molecule has 140 valence electrons. The number of imide groups is 1. The molecule has 7 nitrogen and oxygen atoms in total. The molecular weight excluding hydrogens is 332 g/mol. The highest BCUT2D eigenvalue weighted by molar-refractivity contribution is 6.10. The first-order valence-corrected chi connectivity index (χ1v) is 9.03. The zero-order valence-electron chi connectivity index (χ0n) is 15.6. The van der Waals surface area contributed by atoms with Crippen LogP contribution in [-0.2, 0) is 9.59 Å². The zero-order valence-corrected chi connectivity index (χ0v) is 15.6. The summed E-state index contributed by atoms with van der Waals surface area (Å²) in [6.45, 7) is -0.258. The Kier molecular flexibility index (Phi) is 4.89. The first-order valence-electron chi connectivity index (χ1n) is 9.03. The number of nitrogens with one attached hydrogen (secondary N) is 1. The predicted molar refractivity (Wildman–Crippen MR) is 100 cm³/mol. The summed E-state index contributed by atoms with van der Waals surface area (Å²) in [4.78, 5) is 42.6. The molecule has 1 aromatic rings. The number of para-hydroxylation sites is 2. The fraction of sp³-hybridized carbons (Fsp3) is 0.526. The van der Waals surface area contributed by atoms with Gasteiger partial charge in [0.2, 0.25) is 5.91 Å². The van der Waals surface area contributed by atoms with Crippen molar-refractivity contribution in [1.82, 2.24) is 9.80 Å². The second-order valence-electron chi connectivity index (χ2n) is 7.28. The Morgan fingerprint density at radius 1 is 1.15 bits per heavy atom. The first-order chi connectivity index (χ1) is 12.4. The van der Waals surface area contributed by atoms with Crippen LogP contribution in [0.2, 0.25) is 0 Å². The quantitative estimate of drug-likeness (QED) is 0.838. The van der Waals surface area contributed by atoms with Gasteiger partial charge in [-0.25, -0.2) is 4.79 Å². The van der Waals surface area contributed by atoms with Gasteiger partial charge in [0, 0.05) is 21.1 Å². The van der Waals surface area contributed by atoms with Gasteiger partial charge >= 0.3 is 6.03 Å². The van der Waals surface area contributed by atoms with E-state index < -0.39 is 5.54 Å². The van der Waals surface area contributed by atoms with Gasteiger partial charge in [0.15, 0.2) is 0 Å². The first kappa shape index (κ1) is 18.2. The van der Waals surface area contributed by atoms with E-state index in [4.69, 9.17) is 0 Å². The maximum atomic E-state index is 12.9. The van der Waals surface area contributed by atoms with E-state index in [-0.39, 0.29) is 24.4 Å². The number of benzene rings is 1. The Balaban J connectivity index is 1.74. The average Bonchev–Trinajstić information content (AvgIpc) is 2.79. The van der Waals surface area contributed by atoms with Crippen LogP contribution in [-0.4, -0.2) is 60.9 Å². The van der Waals surface area contributed by atoms with Crippen molar-refractivity contribution >= 4 is 29.2 Å². The highest BCUT2D eigenvalue weighted by Crippen LogP contribution is 2.39. The van der Waals surface area contributed by atoms with Crippen molar-refractivity contribution in [2.75, 3.05) is 37.9 Å². The molecule has 0 atom stereocenters. The van der Waals surface area contributed by atoms with E-state index in [1.54, 1.807) is 13.1 Å². The molecule has 1 aliphatic carbocycles. The second-order valence-corrected chi connectivity index (χ2v) is 7.28. The number of likely N-dealkylation sites (N-methyl/N-ethyl adjacent to an activating group) is 1. The lowest BCUT2D eigenvalue weighted by atomic mass is 9.81. The Bertz CT molecular complexity index is 725. The van der Waals surface area contributed by atoms with E-state index in [9.17, 15) is 14.4 Å². The van der Waals surface area contributed by atoms with Gasteiger partial charge < -0.3 is 15.1 Å². The third kappa shape index (κ3) is 3.02. The number of hydrogen-bond acceptors (Lipinski definition) is 4. The molecule has 3 rings (SSSR count). The molecule has 4 amide bonds. The van der Waals surface area contributed by atoms with E-state index in [0.29, 0.717) is 18.5 Å². The fourth-order valence-electron chi connectivity index (χ4n) is 3.97. The minimum absolute atomic E-state index is 0.235. The Morgan fingerprint density at radius 2 is 1.81 bits per heavy atom. The van der Waals surface area contributed by atoms with Crippen molar-refractivity contribution in [2.24, 2.45) is 0 Å². The van der Waals surface area contributed by atoms with Crippen molar-refractivity contribution < 1.29 is 14.4 Å². The number of anilines is 2. The Morgan fingerprint density at radius 3 is 2.46 bits per heavy atom. The summed E-state index contributed by atoms with van der Waals surface area (Å²) >= 11 is 0. The molecule has 2 aliphatic rings. The number of rotatable bonds is 4. The van der Waals surface area contributed by atoms with Gasteiger partial charge in [-0.15, -0.1) is 0 Å². The Hall–Kier alpha value is -2.57. The molecule has 1 saturated heterocycles. The summed E-state index contributed by atoms with van der Waals surface area (Å²) in [7, 11) is 5.45. The van der Waals surface area contributed by atoms with Crippen LogP contribution in [0, 0.1) is 0 Å². The molecule has 7 heteroatoms. The zero-order chi connectivity index (χ0) is 18.9. The smallest absolute Gasteiger partial charge is 0.327 e. The molecule has 0 radical (unpaired) electrons. The Labute approximate surface area is 153 Å². The standard InChI is InChI=1S/C19H26N4O3/c1-21(2)15-10-6-5-9-14(15)20-16(24)13-23-17(25)19(22(3)18(23)26)11-7-4-8-12-19/h5-6,9-10H,4,7-8,11-13H2,1-3H3,(H,20,24). The van der Waals surface area contributed by atoms with E-state index in [2.05, 4.69) is 5.32 Å². The highest BCUT2D eigenvalue weighted by Gasteiger charge is 2.55. The van der Waals surface area contributed by atoms with E-state index in [1.165, 1.54) is 4.90 Å². The molecule has 0 unspecified atom stereocenters. The van der Waals surface area contributed by atoms with Crippen LogP contribution in [0.1, 0.15) is 32.1 Å². The number of carbonyl (C=O) groups is 3. The van der Waals surface area contributed by atoms with E-state index in [0.717, 1.165) is 29.8 Å². The van der Waals surface area contributed by atoms with Crippen molar-refractivity contribution in [2.45, 2.75) is 37.6 Å². The molecule has 1 N–H and O–H groups in total. The van der Waals surface area contributed by atoms with Gasteiger partial charge in [0.25, 0.3) is 5.91 Å². The van der Waals surface area contributed by atoms with Crippen LogP contribution in [0.4, 0.5) is 16.2 Å². The molecule has 1 saturated carbocycles. The molecular formula is C19H26N4O3. The minimum atomic E-state index is -0.753. The summed E-state index contributed by atoms with van der Waals surface area (Å²) in [5.74, 6) is -0.608. The van der Waals surface area contributed by atoms with Crippen LogP contribution in [0.25, 0.3) is 0 Å². The summed E-state index contributed by atoms with van der Waals surface area (Å²) in [6, 6.07) is 7.04. The lowest BCUT2D eigenvalue weighted by Gasteiger charge is -2.35. The third-order valence-corrected chi connectivity index (χ3v) is 5.45. The molecule has 0 aromatic heterocycles. The SMILES string of the molecule is CN(C)c1ccccc1NC(=O)CN1C(=O)N(C)C2(CCCCC2)C1=O. The van der Waals surface area contributed by atoms with Gasteiger partial charge in [0.05, 0.1) is 11.4 Å². The average molecular weight is 358 g/mol. The fourth-order valence-corrected chi connectivity index (χ4v) is 3.97. The number of nitrogens with zero attached hydrogens (tertiary/aromatic N) is 3. The van der Waals surface area contributed by atoms with Gasteiger partial charge in [-0.2, -0.15) is 0 Å². The maximum absolute atomic E-state index is 12.9. The summed E-state index contributed by atoms with van der Waals surface area (Å²) < 4.78 is 0. The molecule has 2 fully saturated rings. The van der Waals surface area contributed by atoms with E-state index >= 15 is 0 Å². The largest absolute Gasteiger partial charge is 0.376 e. The molecule has 1 aliphatic heterocycles. The number of amides is 4. The lowest BCUT2D eigenvalue weighted by molar-refractivity contribution is -0.136. The minimum Gasteiger partial charge on any atom is -0.376 e. The predicted octanol–water partition coefficient (Wildman–Crippen LogP) is 2.29. The van der Waals surface area contributed by atoms with Crippen molar-refractivity contribution in [3.8, 4) is 0 Å². The van der Waals surface area contributed by atoms with Crippen LogP contribution in [0.15, 0.2) is 24.3 Å². The topological polar surface area (TPSA) is 73.0 Å². The molecule has 1 aromatic carbocycles. The van der Waals surface area contributed by atoms with Gasteiger partial charge in [-0.3, -0.25) is 14.5 Å². The monoisotopic (exact) mass is 358 g/mol. The number of urea groups is 1. The van der Waals surface area contributed by atoms with Gasteiger partial charge in [0.1, 0.15) is 12.1 Å². The summed E-state index contributed by atoms with van der Waals surface area (Å²) in [5, 5.41) is 2.82. The maximum Gasteiger partial charge on any atom is 0.327 e. The van der Waals surface area contributed by atoms with Crippen LogP contribution in [0.5, 0.6) is 0 Å². The summed E-state index contributed by atoms with van der Waals surface area (Å²) in [5.41, 5.74) is 0.764. The van der Waals surface area contributed by atoms with Crippen LogP contribution in [0.3, 0.4) is 0 Å². The lowest BCUT2D eigenvalue weighted by Crippen LogP contribution is -2.49. The highest BCUT2D eigenvalue weighted by atomic mass is 16.2. The second kappa shape index (κ2) is 6.97. The van der Waals surface area contributed by atoms with Crippen molar-refractivity contribution in [1.29, 1.82) is 0 Å². The van der Waals surface area contributed by atoms with Crippen molar-refractivity contribution in [3.05, 3.63) is 24.3 Å². The summed E-state index contributed by atoms with van der Waals surface area (Å²) in [6.07, 6.45) is 4.30. The van der Waals surface area contributed by atoms with E-state index in [1.807, 2.05) is 37.2 Å².